The summed E-state index contributed by atoms with van der Waals surface area (Å²) in [5.41, 5.74) is 1.97. The van der Waals surface area contributed by atoms with Crippen LogP contribution < -0.4 is 5.32 Å². The maximum atomic E-state index is 12.2. The van der Waals surface area contributed by atoms with E-state index >= 15 is 0 Å². The highest BCUT2D eigenvalue weighted by atomic mass is 35.5. The zero-order valence-corrected chi connectivity index (χ0v) is 13.5. The highest BCUT2D eigenvalue weighted by molar-refractivity contribution is 6.30. The van der Waals surface area contributed by atoms with E-state index in [1.807, 2.05) is 35.4 Å². The quantitative estimate of drug-likeness (QED) is 0.908. The minimum absolute atomic E-state index is 0.0674. The van der Waals surface area contributed by atoms with Crippen molar-refractivity contribution < 1.29 is 9.53 Å². The van der Waals surface area contributed by atoms with Gasteiger partial charge in [-0.1, -0.05) is 23.7 Å². The molecule has 122 valence electrons. The van der Waals surface area contributed by atoms with Gasteiger partial charge in [0.25, 0.3) is 0 Å². The Bertz CT molecular complexity index is 668. The molecule has 1 aromatic heterocycles. The maximum absolute atomic E-state index is 12.2. The van der Waals surface area contributed by atoms with Crippen LogP contribution in [0.2, 0.25) is 5.02 Å². The number of morpholine rings is 1. The second-order valence-corrected chi connectivity index (χ2v) is 5.84. The van der Waals surface area contributed by atoms with Gasteiger partial charge in [0.1, 0.15) is 6.54 Å². The summed E-state index contributed by atoms with van der Waals surface area (Å²) in [6, 6.07) is 7.69. The first-order valence-electron chi connectivity index (χ1n) is 7.57. The molecule has 0 unspecified atom stereocenters. The molecule has 0 saturated carbocycles. The number of carbonyl (C=O) groups excluding carboxylic acids is 1. The average Bonchev–Trinajstić information content (AvgIpc) is 3.01. The first kappa shape index (κ1) is 15.8. The van der Waals surface area contributed by atoms with Crippen molar-refractivity contribution in [3.63, 3.8) is 0 Å². The van der Waals surface area contributed by atoms with Gasteiger partial charge in [-0.2, -0.15) is 5.10 Å². The molecule has 3 rings (SSSR count). The Morgan fingerprint density at radius 2 is 2.17 bits per heavy atom. The number of amides is 1. The molecule has 2 aromatic rings. The highest BCUT2D eigenvalue weighted by Gasteiger charge is 2.17. The molecular weight excluding hydrogens is 316 g/mol. The number of rotatable bonds is 5. The first-order valence-corrected chi connectivity index (χ1v) is 7.95. The Hall–Kier alpha value is -2.05. The van der Waals surface area contributed by atoms with Gasteiger partial charge in [-0.3, -0.25) is 9.48 Å². The molecule has 0 spiro atoms. The van der Waals surface area contributed by atoms with Crippen molar-refractivity contribution in [2.75, 3.05) is 31.6 Å². The van der Waals surface area contributed by atoms with Crippen LogP contribution in [-0.2, 0) is 22.6 Å². The number of hydrogen-bond acceptors (Lipinski definition) is 4. The SMILES string of the molecule is O=C(Cn1cc(NCc2cccc(Cl)c2)cn1)N1CCOCC1. The number of nitrogens with zero attached hydrogens (tertiary/aromatic N) is 3. The van der Waals surface area contributed by atoms with Gasteiger partial charge in [-0.25, -0.2) is 0 Å². The molecular formula is C16H19ClN4O2. The Morgan fingerprint density at radius 1 is 1.35 bits per heavy atom. The van der Waals surface area contributed by atoms with Crippen molar-refractivity contribution in [1.29, 1.82) is 0 Å². The van der Waals surface area contributed by atoms with Gasteiger partial charge in [0.15, 0.2) is 0 Å². The minimum Gasteiger partial charge on any atom is -0.378 e. The van der Waals surface area contributed by atoms with E-state index in [0.29, 0.717) is 32.8 Å². The minimum atomic E-state index is 0.0674. The molecule has 0 aliphatic carbocycles. The zero-order chi connectivity index (χ0) is 16.1. The van der Waals surface area contributed by atoms with E-state index in [4.69, 9.17) is 16.3 Å². The summed E-state index contributed by atoms with van der Waals surface area (Å²) in [4.78, 5) is 14.0. The molecule has 7 heteroatoms. The lowest BCUT2D eigenvalue weighted by molar-refractivity contribution is -0.136. The third kappa shape index (κ3) is 4.46. The third-order valence-corrected chi connectivity index (χ3v) is 3.92. The molecule has 0 atom stereocenters. The van der Waals surface area contributed by atoms with E-state index in [1.54, 1.807) is 10.9 Å². The molecule has 0 bridgehead atoms. The predicted octanol–water partition coefficient (Wildman–Crippen LogP) is 2.01. The van der Waals surface area contributed by atoms with E-state index in [9.17, 15) is 4.79 Å². The van der Waals surface area contributed by atoms with E-state index in [0.717, 1.165) is 16.3 Å². The second-order valence-electron chi connectivity index (χ2n) is 5.40. The van der Waals surface area contributed by atoms with Gasteiger partial charge in [0.2, 0.25) is 5.91 Å². The molecule has 1 aromatic carbocycles. The van der Waals surface area contributed by atoms with Crippen molar-refractivity contribution in [3.8, 4) is 0 Å². The van der Waals surface area contributed by atoms with Gasteiger partial charge >= 0.3 is 0 Å². The van der Waals surface area contributed by atoms with Crippen LogP contribution in [0.3, 0.4) is 0 Å². The molecule has 1 aliphatic heterocycles. The smallest absolute Gasteiger partial charge is 0.244 e. The summed E-state index contributed by atoms with van der Waals surface area (Å²) in [5, 5.41) is 8.22. The molecule has 23 heavy (non-hydrogen) atoms. The van der Waals surface area contributed by atoms with Crippen molar-refractivity contribution >= 4 is 23.2 Å². The van der Waals surface area contributed by atoms with Gasteiger partial charge in [-0.05, 0) is 17.7 Å². The van der Waals surface area contributed by atoms with Crippen LogP contribution in [0.4, 0.5) is 5.69 Å². The van der Waals surface area contributed by atoms with Crippen LogP contribution in [-0.4, -0.2) is 46.9 Å². The van der Waals surface area contributed by atoms with E-state index < -0.39 is 0 Å². The van der Waals surface area contributed by atoms with E-state index in [2.05, 4.69) is 10.4 Å². The van der Waals surface area contributed by atoms with Crippen LogP contribution in [0, 0.1) is 0 Å². The second kappa shape index (κ2) is 7.48. The molecule has 1 saturated heterocycles. The van der Waals surface area contributed by atoms with Gasteiger partial charge < -0.3 is 15.0 Å². The largest absolute Gasteiger partial charge is 0.378 e. The normalized spacial score (nSPS) is 14.7. The van der Waals surface area contributed by atoms with Crippen LogP contribution >= 0.6 is 11.6 Å². The highest BCUT2D eigenvalue weighted by Crippen LogP contribution is 2.13. The predicted molar refractivity (Wildman–Crippen MR) is 88.4 cm³/mol. The van der Waals surface area contributed by atoms with Crippen LogP contribution in [0.15, 0.2) is 36.7 Å². The summed E-state index contributed by atoms with van der Waals surface area (Å²) < 4.78 is 6.90. The molecule has 6 nitrogen and oxygen atoms in total. The van der Waals surface area contributed by atoms with Gasteiger partial charge in [0.05, 0.1) is 25.1 Å². The fourth-order valence-corrected chi connectivity index (χ4v) is 2.66. The van der Waals surface area contributed by atoms with E-state index in [1.165, 1.54) is 0 Å². The number of anilines is 1. The number of ether oxygens (including phenoxy) is 1. The van der Waals surface area contributed by atoms with E-state index in [-0.39, 0.29) is 12.5 Å². The van der Waals surface area contributed by atoms with Crippen molar-refractivity contribution in [2.24, 2.45) is 0 Å². The van der Waals surface area contributed by atoms with Crippen LogP contribution in [0.1, 0.15) is 5.56 Å². The molecule has 0 radical (unpaired) electrons. The lowest BCUT2D eigenvalue weighted by Crippen LogP contribution is -2.42. The number of benzene rings is 1. The van der Waals surface area contributed by atoms with Crippen molar-refractivity contribution in [2.45, 2.75) is 13.1 Å². The van der Waals surface area contributed by atoms with Crippen LogP contribution in [0.25, 0.3) is 0 Å². The summed E-state index contributed by atoms with van der Waals surface area (Å²) in [7, 11) is 0. The van der Waals surface area contributed by atoms with Crippen LogP contribution in [0.5, 0.6) is 0 Å². The third-order valence-electron chi connectivity index (χ3n) is 3.68. The van der Waals surface area contributed by atoms with Crippen molar-refractivity contribution in [1.82, 2.24) is 14.7 Å². The first-order chi connectivity index (χ1) is 11.2. The summed E-state index contributed by atoms with van der Waals surface area (Å²) in [5.74, 6) is 0.0674. The summed E-state index contributed by atoms with van der Waals surface area (Å²) in [6.07, 6.45) is 3.56. The number of hydrogen-bond donors (Lipinski definition) is 1. The Labute approximate surface area is 140 Å². The number of nitrogens with one attached hydrogen (secondary N) is 1. The summed E-state index contributed by atoms with van der Waals surface area (Å²) >= 11 is 5.97. The van der Waals surface area contributed by atoms with Crippen molar-refractivity contribution in [3.05, 3.63) is 47.2 Å². The standard InChI is InChI=1S/C16H19ClN4O2/c17-14-3-1-2-13(8-14)9-18-15-10-19-21(11-15)12-16(22)20-4-6-23-7-5-20/h1-3,8,10-11,18H,4-7,9,12H2. The topological polar surface area (TPSA) is 59.4 Å². The zero-order valence-electron chi connectivity index (χ0n) is 12.7. The Kier molecular flexibility index (Phi) is 5.15. The molecule has 1 amide bonds. The average molecular weight is 335 g/mol. The molecule has 2 heterocycles. The fraction of sp³-hybridized carbons (Fsp3) is 0.375. The number of halogens is 1. The number of carbonyl (C=O) groups is 1. The Balaban J connectivity index is 1.52. The Morgan fingerprint density at radius 3 is 2.96 bits per heavy atom. The molecule has 1 aliphatic rings. The lowest BCUT2D eigenvalue weighted by atomic mass is 10.2. The monoisotopic (exact) mass is 334 g/mol. The lowest BCUT2D eigenvalue weighted by Gasteiger charge is -2.26. The van der Waals surface area contributed by atoms with Gasteiger partial charge in [0, 0.05) is 30.9 Å². The molecule has 1 N–H and O–H groups in total. The molecule has 1 fully saturated rings. The van der Waals surface area contributed by atoms with Gasteiger partial charge in [-0.15, -0.1) is 0 Å². The maximum Gasteiger partial charge on any atom is 0.244 e. The summed E-state index contributed by atoms with van der Waals surface area (Å²) in [6.45, 7) is 3.43. The fourth-order valence-electron chi connectivity index (χ4n) is 2.44. The number of aromatic nitrogens is 2.